The molecule has 4 aromatic rings. The summed E-state index contributed by atoms with van der Waals surface area (Å²) in [6, 6.07) is 15.0. The van der Waals surface area contributed by atoms with Crippen molar-refractivity contribution in [3.8, 4) is 11.1 Å². The Labute approximate surface area is 330 Å². The number of amides is 2. The van der Waals surface area contributed by atoms with Crippen molar-refractivity contribution < 1.29 is 38.3 Å². The third kappa shape index (κ3) is 11.9. The molecule has 0 fully saturated rings. The Morgan fingerprint density at radius 2 is 1.45 bits per heavy atom. The number of oxazole rings is 1. The fraction of sp³-hybridized carbons (Fsp3) is 0.415. The maximum atomic E-state index is 13.5. The number of unbranched alkanes of at least 4 members (excludes halogenated alkanes) is 1. The molecule has 0 unspecified atom stereocenters. The Bertz CT molecular complexity index is 1970. The molecule has 0 aliphatic rings. The van der Waals surface area contributed by atoms with Crippen LogP contribution in [-0.2, 0) is 19.2 Å². The third-order valence-corrected chi connectivity index (χ3v) is 9.79. The lowest BCUT2D eigenvalue weighted by atomic mass is 9.92. The molecule has 0 aliphatic carbocycles. The first-order chi connectivity index (χ1) is 26.7. The van der Waals surface area contributed by atoms with Crippen molar-refractivity contribution in [2.75, 3.05) is 13.1 Å². The molecule has 0 radical (unpaired) electrons. The second-order valence-electron chi connectivity index (χ2n) is 14.1. The molecule has 0 aliphatic heterocycles. The summed E-state index contributed by atoms with van der Waals surface area (Å²) in [5.41, 5.74) is 14.3. The maximum Gasteiger partial charge on any atom is 0.266 e. The van der Waals surface area contributed by atoms with E-state index in [1.807, 2.05) is 12.1 Å². The lowest BCUT2D eigenvalue weighted by molar-refractivity contribution is -0.135. The molecule has 56 heavy (non-hydrogen) atoms. The van der Waals surface area contributed by atoms with Gasteiger partial charge < -0.3 is 31.6 Å². The number of rotatable bonds is 22. The largest absolute Gasteiger partial charge is 0.432 e. The summed E-state index contributed by atoms with van der Waals surface area (Å²) in [4.78, 5) is 87.9. The second kappa shape index (κ2) is 20.7. The van der Waals surface area contributed by atoms with E-state index in [9.17, 15) is 33.9 Å². The van der Waals surface area contributed by atoms with Gasteiger partial charge in [0.25, 0.3) is 5.89 Å². The molecular weight excluding hydrogens is 740 g/mol. The molecule has 4 rings (SSSR count). The number of aliphatic hydroxyl groups excluding tert-OH is 1. The number of carbonyl (C=O) groups excluding carboxylic acids is 6. The smallest absolute Gasteiger partial charge is 0.266 e. The van der Waals surface area contributed by atoms with Crippen LogP contribution >= 0.6 is 11.6 Å². The Hall–Kier alpha value is -5.15. The normalized spacial score (nSPS) is 14.6. The molecule has 2 aromatic heterocycles. The number of pyridine rings is 1. The molecule has 6 atom stereocenters. The van der Waals surface area contributed by atoms with Gasteiger partial charge in [0.2, 0.25) is 17.6 Å². The molecule has 2 heterocycles. The highest BCUT2D eigenvalue weighted by Gasteiger charge is 2.33. The van der Waals surface area contributed by atoms with E-state index in [1.165, 1.54) is 20.0 Å². The fourth-order valence-corrected chi connectivity index (χ4v) is 6.25. The lowest BCUT2D eigenvalue weighted by Gasteiger charge is -2.25. The molecule has 7 N–H and O–H groups in total. The van der Waals surface area contributed by atoms with Crippen LogP contribution in [0.1, 0.15) is 80.3 Å². The van der Waals surface area contributed by atoms with Crippen LogP contribution in [0.3, 0.4) is 0 Å². The van der Waals surface area contributed by atoms with Gasteiger partial charge in [0.15, 0.2) is 28.6 Å². The van der Waals surface area contributed by atoms with E-state index in [0.29, 0.717) is 35.6 Å². The number of fused-ring (bicyclic) bond motifs is 1. The number of hydrogen-bond donors (Lipinski definition) is 5. The number of carbonyl (C=O) groups is 6. The van der Waals surface area contributed by atoms with Crippen molar-refractivity contribution in [3.05, 3.63) is 83.3 Å². The predicted octanol–water partition coefficient (Wildman–Crippen LogP) is 4.24. The maximum absolute atomic E-state index is 13.5. The first-order valence-electron chi connectivity index (χ1n) is 18.6. The van der Waals surface area contributed by atoms with Crippen molar-refractivity contribution >= 4 is 57.8 Å². The van der Waals surface area contributed by atoms with E-state index in [-0.39, 0.29) is 49.5 Å². The number of nitrogens with one attached hydrogen (secondary N) is 2. The summed E-state index contributed by atoms with van der Waals surface area (Å²) >= 11 is 5.98. The van der Waals surface area contributed by atoms with E-state index in [1.54, 1.807) is 55.5 Å². The summed E-state index contributed by atoms with van der Waals surface area (Å²) in [7, 11) is 0. The minimum absolute atomic E-state index is 0.167. The van der Waals surface area contributed by atoms with Gasteiger partial charge in [-0.3, -0.25) is 28.8 Å². The van der Waals surface area contributed by atoms with E-state index in [4.69, 9.17) is 27.5 Å². The van der Waals surface area contributed by atoms with Gasteiger partial charge in [0.05, 0.1) is 18.1 Å². The van der Waals surface area contributed by atoms with Gasteiger partial charge in [0.1, 0.15) is 6.04 Å². The first kappa shape index (κ1) is 43.6. The Morgan fingerprint density at radius 3 is 2.05 bits per heavy atom. The Morgan fingerprint density at radius 1 is 0.804 bits per heavy atom. The van der Waals surface area contributed by atoms with E-state index in [2.05, 4.69) is 20.6 Å². The van der Waals surface area contributed by atoms with Gasteiger partial charge in [-0.05, 0) is 68.1 Å². The van der Waals surface area contributed by atoms with E-state index in [0.717, 1.165) is 11.1 Å². The highest BCUT2D eigenvalue weighted by atomic mass is 35.5. The molecule has 15 heteroatoms. The zero-order chi connectivity index (χ0) is 40.9. The van der Waals surface area contributed by atoms with Crippen molar-refractivity contribution in [3.63, 3.8) is 0 Å². The number of aliphatic hydroxyl groups is 1. The third-order valence-electron chi connectivity index (χ3n) is 9.54. The van der Waals surface area contributed by atoms with Crippen LogP contribution < -0.4 is 22.1 Å². The second-order valence-corrected chi connectivity index (χ2v) is 14.5. The molecule has 2 aromatic carbocycles. The van der Waals surface area contributed by atoms with Gasteiger partial charge in [0, 0.05) is 54.4 Å². The summed E-state index contributed by atoms with van der Waals surface area (Å²) in [5.74, 6) is -6.07. The van der Waals surface area contributed by atoms with Gasteiger partial charge >= 0.3 is 0 Å². The SMILES string of the molecule is C[C@H](CC(=O)[C@@H](NC(=O)[C@H](CN)CC(=O)c1ccc(-c2ccc(Cl)cc2)cc1)[C@@H](C)O)C(=O)N[C@@H](CCCCN)C(=O)C[C@@H](C)C(=O)c1nc2ncccc2o1. The Kier molecular flexibility index (Phi) is 16.1. The van der Waals surface area contributed by atoms with E-state index >= 15 is 0 Å². The average Bonchev–Trinajstić information content (AvgIpc) is 3.62. The number of benzene rings is 2. The molecular formula is C41H49ClN6O8. The lowest BCUT2D eigenvalue weighted by Crippen LogP contribution is -2.51. The van der Waals surface area contributed by atoms with Crippen LogP contribution in [0, 0.1) is 17.8 Å². The van der Waals surface area contributed by atoms with E-state index < -0.39 is 65.1 Å². The van der Waals surface area contributed by atoms with Gasteiger partial charge in [-0.2, -0.15) is 4.98 Å². The monoisotopic (exact) mass is 788 g/mol. The number of aromatic nitrogens is 2. The highest BCUT2D eigenvalue weighted by molar-refractivity contribution is 6.30. The molecule has 298 valence electrons. The summed E-state index contributed by atoms with van der Waals surface area (Å²) < 4.78 is 5.52. The molecule has 0 spiro atoms. The van der Waals surface area contributed by atoms with Crippen LogP contribution in [0.5, 0.6) is 0 Å². The van der Waals surface area contributed by atoms with Crippen LogP contribution in [-0.4, -0.2) is 81.3 Å². The molecule has 14 nitrogen and oxygen atoms in total. The highest BCUT2D eigenvalue weighted by Crippen LogP contribution is 2.23. The molecule has 0 saturated carbocycles. The predicted molar refractivity (Wildman–Crippen MR) is 211 cm³/mol. The summed E-state index contributed by atoms with van der Waals surface area (Å²) in [5, 5.41) is 16.3. The number of ketones is 4. The van der Waals surface area contributed by atoms with Crippen molar-refractivity contribution in [2.24, 2.45) is 29.2 Å². The first-order valence-corrected chi connectivity index (χ1v) is 19.0. The molecule has 2 amide bonds. The van der Waals surface area contributed by atoms with Gasteiger partial charge in [-0.15, -0.1) is 0 Å². The zero-order valence-electron chi connectivity index (χ0n) is 31.7. The summed E-state index contributed by atoms with van der Waals surface area (Å²) in [6.45, 7) is 4.56. The number of halogens is 1. The van der Waals surface area contributed by atoms with Crippen LogP contribution in [0.4, 0.5) is 0 Å². The van der Waals surface area contributed by atoms with Crippen molar-refractivity contribution in [2.45, 2.75) is 77.5 Å². The number of hydrogen-bond acceptors (Lipinski definition) is 12. The molecule has 0 saturated heterocycles. The van der Waals surface area contributed by atoms with Crippen molar-refractivity contribution in [1.82, 2.24) is 20.6 Å². The Balaban J connectivity index is 1.34. The van der Waals surface area contributed by atoms with Gasteiger partial charge in [-0.25, -0.2) is 4.98 Å². The minimum atomic E-state index is -1.39. The number of Topliss-reactive ketones (excluding diaryl/α,β-unsaturated/α-hetero) is 4. The topological polar surface area (TPSA) is 238 Å². The molecule has 0 bridgehead atoms. The summed E-state index contributed by atoms with van der Waals surface area (Å²) in [6.07, 6.45) is 0.739. The van der Waals surface area contributed by atoms with Crippen LogP contribution in [0.15, 0.2) is 71.3 Å². The standard InChI is InChI=1S/C41H49ClN6O8/c1-23(37(53)41-48-38-35(56-41)8-6-18-45-38)19-33(51)31(7-4-5-17-43)46-39(54)24(2)20-34(52)36(25(3)49)47-40(55)29(22-44)21-32(50)28-11-9-26(10-12-28)27-13-15-30(42)16-14-27/h6,8-16,18,23-25,29,31,36,49H,4-5,7,17,19-22,43-44H2,1-3H3,(H,46,54)(H,47,55)/t23-,24-,25-,29+,31+,36+/m1/s1. The van der Waals surface area contributed by atoms with Gasteiger partial charge in [-0.1, -0.05) is 61.8 Å². The van der Waals surface area contributed by atoms with Crippen LogP contribution in [0.25, 0.3) is 22.4 Å². The fourth-order valence-electron chi connectivity index (χ4n) is 6.12. The average molecular weight is 789 g/mol. The zero-order valence-corrected chi connectivity index (χ0v) is 32.5. The quantitative estimate of drug-likeness (QED) is 0.0555. The van der Waals surface area contributed by atoms with Crippen molar-refractivity contribution in [1.29, 1.82) is 0 Å². The minimum Gasteiger partial charge on any atom is -0.432 e. The number of nitrogens with zero attached hydrogens (tertiary/aromatic N) is 2. The number of nitrogens with two attached hydrogens (primary N) is 2. The van der Waals surface area contributed by atoms with Crippen LogP contribution in [0.2, 0.25) is 5.02 Å².